The Morgan fingerprint density at radius 3 is 2.35 bits per heavy atom. The number of carbonyl (C=O) groups is 1. The van der Waals surface area contributed by atoms with Crippen molar-refractivity contribution < 1.29 is 17.9 Å². The predicted octanol–water partition coefficient (Wildman–Crippen LogP) is 4.80. The molecule has 8 heteroatoms. The molecule has 0 radical (unpaired) electrons. The Bertz CT molecular complexity index is 1210. The van der Waals surface area contributed by atoms with Crippen LogP contribution in [0.15, 0.2) is 88.2 Å². The Kier molecular flexibility index (Phi) is 5.99. The number of amides is 1. The molecule has 0 aromatic heterocycles. The van der Waals surface area contributed by atoms with E-state index >= 15 is 0 Å². The van der Waals surface area contributed by atoms with Crippen LogP contribution in [0, 0.1) is 0 Å². The molecule has 1 aliphatic rings. The van der Waals surface area contributed by atoms with E-state index < -0.39 is 10.0 Å². The summed E-state index contributed by atoms with van der Waals surface area (Å²) in [7, 11) is -3.70. The third-order valence-electron chi connectivity index (χ3n) is 4.61. The number of nitrogens with zero attached hydrogens (tertiary/aromatic N) is 1. The second-order valence-electron chi connectivity index (χ2n) is 6.98. The summed E-state index contributed by atoms with van der Waals surface area (Å²) in [6, 6.07) is 23.2. The van der Waals surface area contributed by atoms with Crippen molar-refractivity contribution in [2.24, 2.45) is 4.40 Å². The number of para-hydroxylation sites is 2. The average Bonchev–Trinajstić information content (AvgIpc) is 2.75. The summed E-state index contributed by atoms with van der Waals surface area (Å²) in [6.07, 6.45) is 1.06. The van der Waals surface area contributed by atoms with E-state index in [4.69, 9.17) is 4.74 Å². The highest BCUT2D eigenvalue weighted by Crippen LogP contribution is 2.27. The molecule has 1 aliphatic heterocycles. The van der Waals surface area contributed by atoms with Gasteiger partial charge in [-0.3, -0.25) is 4.79 Å². The van der Waals surface area contributed by atoms with Gasteiger partial charge in [-0.1, -0.05) is 30.3 Å². The van der Waals surface area contributed by atoms with Crippen LogP contribution >= 0.6 is 0 Å². The number of fused-ring (bicyclic) bond motifs is 1. The van der Waals surface area contributed by atoms with Gasteiger partial charge in [0.1, 0.15) is 22.2 Å². The van der Waals surface area contributed by atoms with Crippen LogP contribution in [0.5, 0.6) is 11.5 Å². The minimum Gasteiger partial charge on any atom is -0.457 e. The second-order valence-corrected chi connectivity index (χ2v) is 8.55. The van der Waals surface area contributed by atoms with Crippen molar-refractivity contribution in [1.82, 2.24) is 0 Å². The monoisotopic (exact) mass is 435 g/mol. The van der Waals surface area contributed by atoms with Gasteiger partial charge in [0.05, 0.1) is 5.69 Å². The van der Waals surface area contributed by atoms with Crippen LogP contribution in [0.3, 0.4) is 0 Å². The summed E-state index contributed by atoms with van der Waals surface area (Å²) in [5, 5.41) is 5.86. The zero-order valence-corrected chi connectivity index (χ0v) is 17.4. The van der Waals surface area contributed by atoms with Crippen molar-refractivity contribution in [2.75, 3.05) is 10.6 Å². The van der Waals surface area contributed by atoms with Crippen LogP contribution in [-0.4, -0.2) is 20.2 Å². The van der Waals surface area contributed by atoms with Gasteiger partial charge in [-0.15, -0.1) is 4.40 Å². The molecule has 31 heavy (non-hydrogen) atoms. The van der Waals surface area contributed by atoms with Crippen LogP contribution in [0.25, 0.3) is 0 Å². The maximum Gasteiger partial charge on any atom is 0.286 e. The van der Waals surface area contributed by atoms with E-state index in [0.29, 0.717) is 35.8 Å². The predicted molar refractivity (Wildman–Crippen MR) is 120 cm³/mol. The molecule has 0 saturated heterocycles. The van der Waals surface area contributed by atoms with E-state index in [1.807, 2.05) is 30.3 Å². The van der Waals surface area contributed by atoms with E-state index in [0.717, 1.165) is 5.75 Å². The van der Waals surface area contributed by atoms with Gasteiger partial charge in [0.2, 0.25) is 5.91 Å². The summed E-state index contributed by atoms with van der Waals surface area (Å²) in [6.45, 7) is 0. The molecule has 0 fully saturated rings. The van der Waals surface area contributed by atoms with Gasteiger partial charge in [-0.25, -0.2) is 0 Å². The number of rotatable bonds is 7. The quantitative estimate of drug-likeness (QED) is 0.556. The van der Waals surface area contributed by atoms with E-state index in [1.54, 1.807) is 42.5 Å². The van der Waals surface area contributed by atoms with Crippen molar-refractivity contribution in [3.63, 3.8) is 0 Å². The lowest BCUT2D eigenvalue weighted by molar-refractivity contribution is -0.116. The van der Waals surface area contributed by atoms with Crippen LogP contribution in [0.1, 0.15) is 19.3 Å². The van der Waals surface area contributed by atoms with Gasteiger partial charge < -0.3 is 15.4 Å². The number of ether oxygens (including phenoxy) is 1. The molecule has 0 atom stereocenters. The molecule has 1 amide bonds. The molecule has 2 N–H and O–H groups in total. The van der Waals surface area contributed by atoms with Gasteiger partial charge in [0.25, 0.3) is 10.0 Å². The fourth-order valence-corrected chi connectivity index (χ4v) is 4.32. The average molecular weight is 436 g/mol. The summed E-state index contributed by atoms with van der Waals surface area (Å²) >= 11 is 0. The lowest BCUT2D eigenvalue weighted by atomic mass is 10.2. The van der Waals surface area contributed by atoms with Crippen LogP contribution in [0.4, 0.5) is 11.4 Å². The smallest absolute Gasteiger partial charge is 0.286 e. The zero-order chi connectivity index (χ0) is 21.7. The SMILES string of the molecule is O=C(CCCC1=NS(=O)(=O)c2ccccc2N1)Nc1ccc(Oc2ccccc2)cc1. The minimum atomic E-state index is -3.70. The molecular formula is C23H21N3O4S. The summed E-state index contributed by atoms with van der Waals surface area (Å²) in [5.41, 5.74) is 1.17. The van der Waals surface area contributed by atoms with Crippen molar-refractivity contribution in [2.45, 2.75) is 24.2 Å². The fourth-order valence-electron chi connectivity index (χ4n) is 3.15. The van der Waals surface area contributed by atoms with Crippen molar-refractivity contribution in [3.8, 4) is 11.5 Å². The number of hydrogen-bond donors (Lipinski definition) is 2. The molecule has 0 aliphatic carbocycles. The highest BCUT2D eigenvalue weighted by atomic mass is 32.2. The van der Waals surface area contributed by atoms with Gasteiger partial charge in [-0.2, -0.15) is 8.42 Å². The molecule has 3 aromatic rings. The van der Waals surface area contributed by atoms with Crippen LogP contribution in [-0.2, 0) is 14.8 Å². The van der Waals surface area contributed by atoms with E-state index in [9.17, 15) is 13.2 Å². The number of anilines is 2. The lowest BCUT2D eigenvalue weighted by Crippen LogP contribution is -2.22. The highest BCUT2D eigenvalue weighted by Gasteiger charge is 2.23. The Morgan fingerprint density at radius 2 is 1.58 bits per heavy atom. The van der Waals surface area contributed by atoms with Crippen molar-refractivity contribution >= 4 is 33.1 Å². The normalized spacial score (nSPS) is 14.0. The Balaban J connectivity index is 1.27. The minimum absolute atomic E-state index is 0.156. The maximum atomic E-state index is 12.2. The largest absolute Gasteiger partial charge is 0.457 e. The van der Waals surface area contributed by atoms with Gasteiger partial charge in [0.15, 0.2) is 0 Å². The zero-order valence-electron chi connectivity index (χ0n) is 16.6. The summed E-state index contributed by atoms with van der Waals surface area (Å²) in [5.74, 6) is 1.60. The molecule has 0 bridgehead atoms. The Labute approximate surface area is 180 Å². The molecule has 7 nitrogen and oxygen atoms in total. The first-order chi connectivity index (χ1) is 15.0. The highest BCUT2D eigenvalue weighted by molar-refractivity contribution is 7.90. The first-order valence-corrected chi connectivity index (χ1v) is 11.3. The van der Waals surface area contributed by atoms with Crippen LogP contribution in [0.2, 0.25) is 0 Å². The van der Waals surface area contributed by atoms with Crippen molar-refractivity contribution in [3.05, 3.63) is 78.9 Å². The van der Waals surface area contributed by atoms with E-state index in [2.05, 4.69) is 15.0 Å². The summed E-state index contributed by atoms with van der Waals surface area (Å²) in [4.78, 5) is 12.4. The first kappa shape index (κ1) is 20.6. The number of amidine groups is 1. The van der Waals surface area contributed by atoms with E-state index in [1.165, 1.54) is 6.07 Å². The molecule has 4 rings (SSSR count). The number of nitrogens with one attached hydrogen (secondary N) is 2. The van der Waals surface area contributed by atoms with Gasteiger partial charge in [-0.05, 0) is 55.0 Å². The second kappa shape index (κ2) is 9.01. The number of hydrogen-bond acceptors (Lipinski definition) is 5. The molecule has 1 heterocycles. The fraction of sp³-hybridized carbons (Fsp3) is 0.130. The van der Waals surface area contributed by atoms with Gasteiger partial charge >= 0.3 is 0 Å². The third-order valence-corrected chi connectivity index (χ3v) is 5.98. The third kappa shape index (κ3) is 5.29. The standard InChI is InChI=1S/C23H21N3O4S/c27-23(24-17-13-15-19(16-14-17)30-18-7-2-1-3-8-18)12-6-11-22-25-20-9-4-5-10-21(20)31(28,29)26-22/h1-5,7-10,13-16H,6,11-12H2,(H,24,27)(H,25,26). The van der Waals surface area contributed by atoms with Gasteiger partial charge in [0, 0.05) is 18.5 Å². The number of sulfonamides is 1. The number of carbonyl (C=O) groups excluding carboxylic acids is 1. The van der Waals surface area contributed by atoms with Crippen LogP contribution < -0.4 is 15.4 Å². The lowest BCUT2D eigenvalue weighted by Gasteiger charge is -2.17. The Morgan fingerprint density at radius 1 is 0.903 bits per heavy atom. The summed E-state index contributed by atoms with van der Waals surface area (Å²) < 4.78 is 34.0. The molecular weight excluding hydrogens is 414 g/mol. The molecule has 0 spiro atoms. The van der Waals surface area contributed by atoms with E-state index in [-0.39, 0.29) is 17.2 Å². The topological polar surface area (TPSA) is 96.9 Å². The molecule has 0 saturated carbocycles. The molecule has 3 aromatic carbocycles. The first-order valence-electron chi connectivity index (χ1n) is 9.82. The molecule has 158 valence electrons. The number of benzene rings is 3. The Hall–Kier alpha value is -3.65. The molecule has 0 unspecified atom stereocenters. The van der Waals surface area contributed by atoms with Crippen molar-refractivity contribution in [1.29, 1.82) is 0 Å². The maximum absolute atomic E-state index is 12.2.